The fraction of sp³-hybridized carbons (Fsp3) is 0.103. The summed E-state index contributed by atoms with van der Waals surface area (Å²) < 4.78 is 13.7. The normalized spacial score (nSPS) is 12.1. The molecule has 10 aromatic carbocycles. The molecule has 2 heterocycles. The molecule has 298 valence electrons. The van der Waals surface area contributed by atoms with Crippen molar-refractivity contribution < 1.29 is 8.83 Å². The Bertz CT molecular complexity index is 3620. The molecule has 0 unspecified atom stereocenters. The summed E-state index contributed by atoms with van der Waals surface area (Å²) in [5.41, 5.74) is 12.3. The van der Waals surface area contributed by atoms with Crippen LogP contribution in [0.15, 0.2) is 191 Å². The molecule has 12 aromatic rings. The fourth-order valence-corrected chi connectivity index (χ4v) is 9.91. The highest BCUT2D eigenvalue weighted by Crippen LogP contribution is 2.52. The van der Waals surface area contributed by atoms with Gasteiger partial charge in [0.15, 0.2) is 11.2 Å². The van der Waals surface area contributed by atoms with Crippen molar-refractivity contribution in [1.82, 2.24) is 0 Å². The zero-order valence-corrected chi connectivity index (χ0v) is 35.0. The molecule has 0 aliphatic heterocycles. The third kappa shape index (κ3) is 5.60. The number of aryl methyl sites for hydroxylation is 1. The highest BCUT2D eigenvalue weighted by Gasteiger charge is 2.28. The minimum atomic E-state index is 0.399. The molecular weight excluding hydrogens is 757 g/mol. The van der Waals surface area contributed by atoms with Gasteiger partial charge in [-0.1, -0.05) is 155 Å². The number of para-hydroxylation sites is 4. The van der Waals surface area contributed by atoms with Gasteiger partial charge in [-0.3, -0.25) is 0 Å². The van der Waals surface area contributed by atoms with Crippen LogP contribution >= 0.6 is 0 Å². The molecule has 0 spiro atoms. The molecule has 4 nitrogen and oxygen atoms in total. The van der Waals surface area contributed by atoms with E-state index in [0.29, 0.717) is 5.92 Å². The lowest BCUT2D eigenvalue weighted by atomic mass is 9.91. The Morgan fingerprint density at radius 2 is 0.903 bits per heavy atom. The van der Waals surface area contributed by atoms with Crippen molar-refractivity contribution >= 4 is 110 Å². The predicted octanol–water partition coefficient (Wildman–Crippen LogP) is 17.4. The number of fused-ring (bicyclic) bond motifs is 6. The summed E-state index contributed by atoms with van der Waals surface area (Å²) in [5.74, 6) is 0.399. The molecule has 4 heteroatoms. The van der Waals surface area contributed by atoms with E-state index in [1.807, 2.05) is 12.1 Å². The summed E-state index contributed by atoms with van der Waals surface area (Å²) >= 11 is 0. The summed E-state index contributed by atoms with van der Waals surface area (Å²) in [6.45, 7) is 6.74. The van der Waals surface area contributed by atoms with Gasteiger partial charge in [0.2, 0.25) is 0 Å². The van der Waals surface area contributed by atoms with Gasteiger partial charge in [-0.25, -0.2) is 0 Å². The monoisotopic (exact) mass is 800 g/mol. The first-order valence-electron chi connectivity index (χ1n) is 21.8. The quantitative estimate of drug-likeness (QED) is 0.136. The van der Waals surface area contributed by atoms with Gasteiger partial charge < -0.3 is 18.6 Å². The molecule has 0 N–H and O–H groups in total. The van der Waals surface area contributed by atoms with E-state index in [1.54, 1.807) is 0 Å². The number of nitrogens with zero attached hydrogens (tertiary/aromatic N) is 2. The van der Waals surface area contributed by atoms with Crippen LogP contribution in [0.25, 0.3) is 76.2 Å². The van der Waals surface area contributed by atoms with Crippen LogP contribution in [0.3, 0.4) is 0 Å². The predicted molar refractivity (Wildman–Crippen MR) is 262 cm³/mol. The highest BCUT2D eigenvalue weighted by molar-refractivity contribution is 6.29. The second-order valence-corrected chi connectivity index (χ2v) is 16.9. The molecule has 0 fully saturated rings. The zero-order valence-electron chi connectivity index (χ0n) is 35.0. The lowest BCUT2D eigenvalue weighted by Gasteiger charge is -2.32. The first-order chi connectivity index (χ1) is 30.5. The minimum absolute atomic E-state index is 0.399. The molecule has 2 aromatic heterocycles. The first kappa shape index (κ1) is 36.3. The molecule has 0 saturated heterocycles. The van der Waals surface area contributed by atoms with Gasteiger partial charge in [-0.05, 0) is 94.2 Å². The Morgan fingerprint density at radius 1 is 0.419 bits per heavy atom. The van der Waals surface area contributed by atoms with E-state index in [-0.39, 0.29) is 0 Å². The standard InChI is InChI=1S/C58H44N2O2/c1-4-12-37-23-29-41(30-24-37)59(49-19-10-17-45-43-15-5-7-21-53(43)61-57(45)49)51-35-52(48-34-28-40-14-9-13-39-27-33-47(51)56(48)55(39)40)60(42-31-25-38(26-32-42)36(2)3)50-20-11-18-46-44-16-6-8-22-54(44)62-58(46)50/h5-11,13-36H,4,12H2,1-3H3. The van der Waals surface area contributed by atoms with Crippen LogP contribution in [0.4, 0.5) is 34.1 Å². The maximum Gasteiger partial charge on any atom is 0.159 e. The largest absolute Gasteiger partial charge is 0.454 e. The molecule has 0 amide bonds. The third-order valence-corrected chi connectivity index (χ3v) is 12.9. The number of rotatable bonds is 9. The van der Waals surface area contributed by atoms with Gasteiger partial charge >= 0.3 is 0 Å². The van der Waals surface area contributed by atoms with Crippen molar-refractivity contribution in [2.24, 2.45) is 0 Å². The number of furan rings is 2. The molecular formula is C58H44N2O2. The van der Waals surface area contributed by atoms with E-state index >= 15 is 0 Å². The Morgan fingerprint density at radius 3 is 1.42 bits per heavy atom. The summed E-state index contributed by atoms with van der Waals surface area (Å²) in [5, 5.41) is 11.6. The van der Waals surface area contributed by atoms with E-state index in [4.69, 9.17) is 8.83 Å². The van der Waals surface area contributed by atoms with Crippen LogP contribution in [0.1, 0.15) is 44.2 Å². The van der Waals surface area contributed by atoms with Crippen molar-refractivity contribution in [3.05, 3.63) is 193 Å². The SMILES string of the molecule is CCCc1ccc(N(c2cc(N(c3ccc(C(C)C)cc3)c3cccc4c3oc3ccccc34)c3ccc4cccc5ccc2c3c54)c2cccc3c2oc2ccccc23)cc1. The molecule has 0 saturated carbocycles. The lowest BCUT2D eigenvalue weighted by Crippen LogP contribution is -2.15. The molecule has 0 atom stereocenters. The number of hydrogen-bond donors (Lipinski definition) is 0. The second-order valence-electron chi connectivity index (χ2n) is 16.9. The Kier molecular flexibility index (Phi) is 8.36. The molecule has 0 bridgehead atoms. The van der Waals surface area contributed by atoms with Crippen LogP contribution in [0, 0.1) is 0 Å². The summed E-state index contributed by atoms with van der Waals surface area (Å²) in [4.78, 5) is 4.85. The number of hydrogen-bond acceptors (Lipinski definition) is 4. The average molecular weight is 801 g/mol. The van der Waals surface area contributed by atoms with Crippen molar-refractivity contribution in [1.29, 1.82) is 0 Å². The third-order valence-electron chi connectivity index (χ3n) is 12.9. The molecule has 0 aliphatic carbocycles. The maximum atomic E-state index is 6.85. The van der Waals surface area contributed by atoms with Crippen molar-refractivity contribution in [3.8, 4) is 0 Å². The van der Waals surface area contributed by atoms with Crippen molar-refractivity contribution in [3.63, 3.8) is 0 Å². The van der Waals surface area contributed by atoms with Crippen molar-refractivity contribution in [2.45, 2.75) is 39.5 Å². The van der Waals surface area contributed by atoms with E-state index in [9.17, 15) is 0 Å². The van der Waals surface area contributed by atoms with Crippen LogP contribution in [0.5, 0.6) is 0 Å². The van der Waals surface area contributed by atoms with Crippen molar-refractivity contribution in [2.75, 3.05) is 9.80 Å². The van der Waals surface area contributed by atoms with Gasteiger partial charge in [0.05, 0.1) is 22.7 Å². The Balaban J connectivity index is 1.23. The van der Waals surface area contributed by atoms with Gasteiger partial charge in [-0.2, -0.15) is 0 Å². The smallest absolute Gasteiger partial charge is 0.159 e. The number of benzene rings is 10. The van der Waals surface area contributed by atoms with Gasteiger partial charge in [0.25, 0.3) is 0 Å². The van der Waals surface area contributed by atoms with Gasteiger partial charge in [-0.15, -0.1) is 0 Å². The summed E-state index contributed by atoms with van der Waals surface area (Å²) in [7, 11) is 0. The van der Waals surface area contributed by atoms with Gasteiger partial charge in [0.1, 0.15) is 11.2 Å². The molecule has 12 rings (SSSR count). The summed E-state index contributed by atoms with van der Waals surface area (Å²) in [6, 6.07) is 66.3. The average Bonchev–Trinajstić information content (AvgIpc) is 3.89. The topological polar surface area (TPSA) is 32.8 Å². The Hall–Kier alpha value is -7.56. The lowest BCUT2D eigenvalue weighted by molar-refractivity contribution is 0.669. The summed E-state index contributed by atoms with van der Waals surface area (Å²) in [6.07, 6.45) is 2.12. The van der Waals surface area contributed by atoms with E-state index < -0.39 is 0 Å². The number of anilines is 6. The van der Waals surface area contributed by atoms with Crippen LogP contribution in [-0.2, 0) is 6.42 Å². The highest BCUT2D eigenvalue weighted by atomic mass is 16.3. The van der Waals surface area contributed by atoms with Crippen LogP contribution in [-0.4, -0.2) is 0 Å². The maximum absolute atomic E-state index is 6.85. The first-order valence-corrected chi connectivity index (χ1v) is 21.8. The molecule has 0 radical (unpaired) electrons. The van der Waals surface area contributed by atoms with E-state index in [0.717, 1.165) is 102 Å². The van der Waals surface area contributed by atoms with E-state index in [2.05, 4.69) is 200 Å². The van der Waals surface area contributed by atoms with Crippen LogP contribution in [0.2, 0.25) is 0 Å². The zero-order chi connectivity index (χ0) is 41.5. The fourth-order valence-electron chi connectivity index (χ4n) is 9.91. The second kappa shape index (κ2) is 14.3. The Labute approximate surface area is 360 Å². The molecule has 0 aliphatic rings. The molecule has 62 heavy (non-hydrogen) atoms. The van der Waals surface area contributed by atoms with Crippen LogP contribution < -0.4 is 9.80 Å². The van der Waals surface area contributed by atoms with Gasteiger partial charge in [0, 0.05) is 49.1 Å². The minimum Gasteiger partial charge on any atom is -0.454 e. The van der Waals surface area contributed by atoms with E-state index in [1.165, 1.54) is 32.7 Å².